The number of nitrogens with zero attached hydrogens (tertiary/aromatic N) is 1. The Hall–Kier alpha value is -3.24. The van der Waals surface area contributed by atoms with Crippen molar-refractivity contribution in [3.8, 4) is 0 Å². The molecular weight excluding hydrogens is 945 g/mol. The molecular formula is C46H84N4O19S. The molecule has 23 nitrogen and oxygen atoms in total. The van der Waals surface area contributed by atoms with Crippen LogP contribution in [0.1, 0.15) is 84.0 Å². The summed E-state index contributed by atoms with van der Waals surface area (Å²) < 4.78 is 69.2. The van der Waals surface area contributed by atoms with Crippen LogP contribution in [0.4, 0.5) is 0 Å². The van der Waals surface area contributed by atoms with E-state index < -0.39 is 11.5 Å². The molecule has 0 spiro atoms. The molecule has 3 N–H and O–H groups in total. The second kappa shape index (κ2) is 50.7. The number of ether oxygens (including phenoxy) is 12. The molecule has 0 aromatic heterocycles. The second-order valence-corrected chi connectivity index (χ2v) is 15.8. The minimum Gasteiger partial charge on any atom is -0.382 e. The van der Waals surface area contributed by atoms with Crippen molar-refractivity contribution < 1.29 is 90.4 Å². The van der Waals surface area contributed by atoms with E-state index in [0.29, 0.717) is 131 Å². The van der Waals surface area contributed by atoms with Crippen molar-refractivity contribution in [2.45, 2.75) is 89.5 Å². The predicted octanol–water partition coefficient (Wildman–Crippen LogP) is 1.56. The maximum Gasteiger partial charge on any atom is 0.336 e. The van der Waals surface area contributed by atoms with Gasteiger partial charge >= 0.3 is 5.97 Å². The molecule has 0 bridgehead atoms. The Bertz CT molecular complexity index is 1300. The second-order valence-electron chi connectivity index (χ2n) is 15.6. The fraction of sp³-hybridized carbons (Fsp3) is 0.870. The van der Waals surface area contributed by atoms with Gasteiger partial charge in [0.15, 0.2) is 0 Å². The molecule has 24 heteroatoms. The predicted molar refractivity (Wildman–Crippen MR) is 256 cm³/mol. The third kappa shape index (κ3) is 45.9. The Balaban J connectivity index is 5.07. The van der Waals surface area contributed by atoms with Crippen LogP contribution in [-0.4, -0.2) is 213 Å². The Kier molecular flexibility index (Phi) is 48.3. The summed E-state index contributed by atoms with van der Waals surface area (Å²) in [6.07, 6.45) is 3.53. The Morgan fingerprint density at radius 1 is 0.414 bits per heavy atom. The molecule has 70 heavy (non-hydrogen) atoms. The maximum absolute atomic E-state index is 13.4. The molecule has 3 amide bonds. The van der Waals surface area contributed by atoms with Gasteiger partial charge in [-0.1, -0.05) is 6.92 Å². The molecule has 0 unspecified atom stereocenters. The maximum atomic E-state index is 13.4. The highest BCUT2D eigenvalue weighted by Gasteiger charge is 2.34. The van der Waals surface area contributed by atoms with Gasteiger partial charge in [0, 0.05) is 98.5 Å². The lowest BCUT2D eigenvalue weighted by molar-refractivity contribution is -0.143. The molecule has 0 saturated carbocycles. The van der Waals surface area contributed by atoms with Gasteiger partial charge in [0.25, 0.3) is 0 Å². The quantitative estimate of drug-likeness (QED) is 0.0576. The SMILES string of the molecule is CCCOCCNC(=O)CCOCC(COCCC(=O)CCCOCCOC)(COCCC(=O)CCCOCCOC)NC(=O)CCOCCOCCOCCOCCNC(=O)CCCC(=O)ON=S. The molecule has 0 aliphatic carbocycles. The smallest absolute Gasteiger partial charge is 0.336 e. The fourth-order valence-corrected chi connectivity index (χ4v) is 5.85. The number of methoxy groups -OCH3 is 2. The number of carbonyl (C=O) groups is 6. The van der Waals surface area contributed by atoms with Gasteiger partial charge in [0.1, 0.15) is 17.1 Å². The first-order valence-electron chi connectivity index (χ1n) is 24.3. The Morgan fingerprint density at radius 3 is 1.30 bits per heavy atom. The van der Waals surface area contributed by atoms with Crippen LogP contribution in [0.3, 0.4) is 0 Å². The summed E-state index contributed by atoms with van der Waals surface area (Å²) in [5.41, 5.74) is -1.25. The van der Waals surface area contributed by atoms with Crippen LogP contribution in [0, 0.1) is 0 Å². The number of rotatable bonds is 55. The average Bonchev–Trinajstić information content (AvgIpc) is 3.34. The van der Waals surface area contributed by atoms with E-state index in [1.165, 1.54) is 0 Å². The molecule has 0 rings (SSSR count). The van der Waals surface area contributed by atoms with Crippen LogP contribution in [0.2, 0.25) is 0 Å². The van der Waals surface area contributed by atoms with Crippen LogP contribution < -0.4 is 16.0 Å². The summed E-state index contributed by atoms with van der Waals surface area (Å²) in [7, 11) is 3.18. The largest absolute Gasteiger partial charge is 0.382 e. The molecule has 0 aromatic carbocycles. The van der Waals surface area contributed by atoms with E-state index in [9.17, 15) is 28.8 Å². The number of nitrogens with one attached hydrogen (secondary N) is 3. The van der Waals surface area contributed by atoms with Crippen molar-refractivity contribution in [3.05, 3.63) is 0 Å². The van der Waals surface area contributed by atoms with E-state index >= 15 is 0 Å². The first kappa shape index (κ1) is 66.8. The lowest BCUT2D eigenvalue weighted by Gasteiger charge is -2.34. The van der Waals surface area contributed by atoms with Gasteiger partial charge < -0.3 is 77.6 Å². The molecule has 0 atom stereocenters. The molecule has 0 heterocycles. The van der Waals surface area contributed by atoms with Crippen LogP contribution in [0.5, 0.6) is 0 Å². The minimum absolute atomic E-state index is 0.000584. The van der Waals surface area contributed by atoms with E-state index in [2.05, 4.69) is 37.7 Å². The highest BCUT2D eigenvalue weighted by Crippen LogP contribution is 2.12. The number of hydrogen-bond donors (Lipinski definition) is 3. The number of Topliss-reactive ketones (excluding diaryl/α,β-unsaturated/α-hetero) is 2. The summed E-state index contributed by atoms with van der Waals surface area (Å²) in [5, 5.41) is 8.49. The van der Waals surface area contributed by atoms with E-state index in [1.54, 1.807) is 14.2 Å². The molecule has 0 aromatic rings. The van der Waals surface area contributed by atoms with Crippen molar-refractivity contribution in [1.82, 2.24) is 16.0 Å². The van der Waals surface area contributed by atoms with Gasteiger partial charge in [-0.25, -0.2) is 4.79 Å². The highest BCUT2D eigenvalue weighted by molar-refractivity contribution is 7.47. The van der Waals surface area contributed by atoms with E-state index in [0.717, 1.165) is 6.42 Å². The third-order valence-electron chi connectivity index (χ3n) is 9.41. The number of ketones is 2. The molecule has 0 aliphatic rings. The summed E-state index contributed by atoms with van der Waals surface area (Å²) >= 11 is 4.20. The Labute approximate surface area is 419 Å². The standard InChI is InChI=1S/C46H84N4O19S/c1-4-18-59-25-16-48-43(54)14-24-68-39-46(37-66-21-12-40(51)8-6-19-60-29-27-57-2,38-67-22-13-41(52)9-7-20-61-30-28-58-3)49-44(55)15-23-62-31-33-64-35-36-65-34-32-63-26-17-47-42(53)10-5-11-45(56)69-50-70/h4-39H2,1-3H3,(H,47,53)(H,48,54)(H,49,55). The molecule has 0 aliphatic heterocycles. The van der Waals surface area contributed by atoms with Gasteiger partial charge in [0.05, 0.1) is 138 Å². The minimum atomic E-state index is -1.25. The van der Waals surface area contributed by atoms with Crippen molar-refractivity contribution >= 4 is 47.7 Å². The van der Waals surface area contributed by atoms with E-state index in [1.807, 2.05) is 6.92 Å². The zero-order valence-electron chi connectivity index (χ0n) is 42.1. The average molecular weight is 1030 g/mol. The Morgan fingerprint density at radius 2 is 0.814 bits per heavy atom. The summed E-state index contributed by atoms with van der Waals surface area (Å²) in [6.45, 7) is 8.53. The first-order valence-corrected chi connectivity index (χ1v) is 24.6. The van der Waals surface area contributed by atoms with Gasteiger partial charge in [0.2, 0.25) is 17.7 Å². The summed E-state index contributed by atoms with van der Waals surface area (Å²) in [5.74, 6) is -1.39. The van der Waals surface area contributed by atoms with E-state index in [-0.39, 0.29) is 127 Å². The van der Waals surface area contributed by atoms with Crippen LogP contribution in [0.15, 0.2) is 4.53 Å². The van der Waals surface area contributed by atoms with Crippen LogP contribution in [-0.2, 0) is 103 Å². The van der Waals surface area contributed by atoms with Crippen molar-refractivity contribution in [1.29, 1.82) is 0 Å². The summed E-state index contributed by atoms with van der Waals surface area (Å²) in [6, 6.07) is 0. The highest BCUT2D eigenvalue weighted by atomic mass is 32.1. The third-order valence-corrected chi connectivity index (χ3v) is 9.49. The fourth-order valence-electron chi connectivity index (χ4n) is 5.77. The lowest BCUT2D eigenvalue weighted by atomic mass is 10.0. The molecule has 0 saturated heterocycles. The van der Waals surface area contributed by atoms with Crippen molar-refractivity contribution in [3.63, 3.8) is 0 Å². The molecule has 408 valence electrons. The van der Waals surface area contributed by atoms with Crippen LogP contribution in [0.25, 0.3) is 0 Å². The van der Waals surface area contributed by atoms with Gasteiger partial charge in [-0.15, -0.1) is 0 Å². The van der Waals surface area contributed by atoms with E-state index in [4.69, 9.17) is 56.8 Å². The molecule has 0 fully saturated rings. The van der Waals surface area contributed by atoms with Gasteiger partial charge in [-0.2, -0.15) is 0 Å². The lowest BCUT2D eigenvalue weighted by Crippen LogP contribution is -2.59. The monoisotopic (exact) mass is 1030 g/mol. The van der Waals surface area contributed by atoms with Crippen LogP contribution >= 0.6 is 0 Å². The summed E-state index contributed by atoms with van der Waals surface area (Å²) in [4.78, 5) is 78.4. The molecule has 0 radical (unpaired) electrons. The van der Waals surface area contributed by atoms with Gasteiger partial charge in [-0.05, 0) is 30.2 Å². The van der Waals surface area contributed by atoms with Crippen molar-refractivity contribution in [2.75, 3.05) is 173 Å². The zero-order valence-corrected chi connectivity index (χ0v) is 42.9. The topological polar surface area (TPSA) is 271 Å². The van der Waals surface area contributed by atoms with Gasteiger partial charge in [-0.3, -0.25) is 24.0 Å². The van der Waals surface area contributed by atoms with Crippen molar-refractivity contribution in [2.24, 2.45) is 4.53 Å². The zero-order chi connectivity index (χ0) is 51.4. The number of amides is 3. The number of hydrogen-bond acceptors (Lipinski definition) is 21. The first-order chi connectivity index (χ1) is 34.1. The number of carbonyl (C=O) groups excluding carboxylic acids is 6. The normalized spacial score (nSPS) is 11.4.